The highest BCUT2D eigenvalue weighted by molar-refractivity contribution is 7.99. The Morgan fingerprint density at radius 2 is 2.04 bits per heavy atom. The Bertz CT molecular complexity index is 739. The summed E-state index contributed by atoms with van der Waals surface area (Å²) in [5.74, 6) is 1.44. The highest BCUT2D eigenvalue weighted by Crippen LogP contribution is 2.15. The molecule has 0 spiro atoms. The van der Waals surface area contributed by atoms with Gasteiger partial charge in [0.15, 0.2) is 0 Å². The van der Waals surface area contributed by atoms with Crippen LogP contribution >= 0.6 is 11.8 Å². The average molecular weight is 346 g/mol. The third-order valence-corrected chi connectivity index (χ3v) is 5.02. The maximum absolute atomic E-state index is 12.3. The molecule has 1 aromatic carbocycles. The molecular weight excluding hydrogens is 324 g/mol. The molecule has 1 aromatic heterocycles. The molecule has 7 heteroatoms. The van der Waals surface area contributed by atoms with Crippen LogP contribution in [0.15, 0.2) is 40.0 Å². The number of amides is 1. The van der Waals surface area contributed by atoms with E-state index in [-0.39, 0.29) is 18.1 Å². The molecule has 0 atom stereocenters. The molecule has 1 N–H and O–H groups in total. The second kappa shape index (κ2) is 8.19. The van der Waals surface area contributed by atoms with E-state index in [1.807, 2.05) is 30.3 Å². The van der Waals surface area contributed by atoms with Crippen molar-refractivity contribution in [1.82, 2.24) is 19.7 Å². The van der Waals surface area contributed by atoms with Crippen LogP contribution in [-0.4, -0.2) is 32.6 Å². The van der Waals surface area contributed by atoms with Crippen LogP contribution in [0.5, 0.6) is 0 Å². The Morgan fingerprint density at radius 1 is 1.21 bits per heavy atom. The van der Waals surface area contributed by atoms with Gasteiger partial charge in [-0.3, -0.25) is 9.36 Å². The van der Waals surface area contributed by atoms with Crippen LogP contribution in [0.25, 0.3) is 0 Å². The fourth-order valence-corrected chi connectivity index (χ4v) is 3.59. The molecule has 1 amide bonds. The minimum atomic E-state index is -0.168. The quantitative estimate of drug-likeness (QED) is 0.638. The van der Waals surface area contributed by atoms with Gasteiger partial charge in [0.05, 0.1) is 0 Å². The van der Waals surface area contributed by atoms with Crippen LogP contribution in [-0.2, 0) is 24.3 Å². The van der Waals surface area contributed by atoms with E-state index in [2.05, 4.69) is 10.4 Å². The first kappa shape index (κ1) is 16.8. The summed E-state index contributed by atoms with van der Waals surface area (Å²) < 4.78 is 3.01. The topological polar surface area (TPSA) is 68.9 Å². The van der Waals surface area contributed by atoms with E-state index in [0.29, 0.717) is 13.1 Å². The van der Waals surface area contributed by atoms with E-state index in [4.69, 9.17) is 0 Å². The third kappa shape index (κ3) is 4.29. The number of rotatable bonds is 6. The van der Waals surface area contributed by atoms with E-state index in [9.17, 15) is 9.59 Å². The zero-order chi connectivity index (χ0) is 16.8. The van der Waals surface area contributed by atoms with Crippen molar-refractivity contribution in [3.05, 3.63) is 46.6 Å². The fraction of sp³-hybridized carbons (Fsp3) is 0.471. The lowest BCUT2D eigenvalue weighted by Crippen LogP contribution is -2.34. The summed E-state index contributed by atoms with van der Waals surface area (Å²) in [6.45, 7) is 1.28. The molecular formula is C17H22N4O2S. The van der Waals surface area contributed by atoms with Crippen LogP contribution in [0.2, 0.25) is 0 Å². The average Bonchev–Trinajstić information content (AvgIpc) is 2.77. The SMILES string of the molecule is O=C(Cn1nc2n(c1=O)CCCCC2)NCCSc1ccccc1. The molecule has 2 heterocycles. The number of aromatic nitrogens is 3. The van der Waals surface area contributed by atoms with Gasteiger partial charge < -0.3 is 5.32 Å². The van der Waals surface area contributed by atoms with Crippen molar-refractivity contribution in [2.24, 2.45) is 0 Å². The van der Waals surface area contributed by atoms with Crippen molar-refractivity contribution < 1.29 is 4.79 Å². The molecule has 0 aliphatic carbocycles. The van der Waals surface area contributed by atoms with E-state index in [1.165, 1.54) is 9.58 Å². The first-order valence-electron chi connectivity index (χ1n) is 8.35. The van der Waals surface area contributed by atoms with Crippen LogP contribution in [0, 0.1) is 0 Å². The van der Waals surface area contributed by atoms with Gasteiger partial charge in [0.25, 0.3) is 0 Å². The molecule has 1 aliphatic rings. The summed E-state index contributed by atoms with van der Waals surface area (Å²) in [5, 5.41) is 7.18. The molecule has 0 unspecified atom stereocenters. The second-order valence-corrected chi connectivity index (χ2v) is 7.00. The summed E-state index contributed by atoms with van der Waals surface area (Å²) in [4.78, 5) is 25.5. The largest absolute Gasteiger partial charge is 0.354 e. The van der Waals surface area contributed by atoms with Crippen LogP contribution < -0.4 is 11.0 Å². The van der Waals surface area contributed by atoms with E-state index >= 15 is 0 Å². The van der Waals surface area contributed by atoms with Crippen molar-refractivity contribution >= 4 is 17.7 Å². The first-order valence-corrected chi connectivity index (χ1v) is 9.33. The molecule has 1 aliphatic heterocycles. The Hall–Kier alpha value is -2.02. The van der Waals surface area contributed by atoms with Gasteiger partial charge in [-0.1, -0.05) is 24.6 Å². The standard InChI is InChI=1S/C17H22N4O2S/c22-16(18-10-12-24-14-7-3-1-4-8-14)13-21-17(23)20-11-6-2-5-9-15(20)19-21/h1,3-4,7-8H,2,5-6,9-13H2,(H,18,22). The number of carbonyl (C=O) groups is 1. The summed E-state index contributed by atoms with van der Waals surface area (Å²) in [6, 6.07) is 10.1. The lowest BCUT2D eigenvalue weighted by atomic mass is 10.2. The zero-order valence-electron chi connectivity index (χ0n) is 13.6. The number of nitrogens with one attached hydrogen (secondary N) is 1. The minimum Gasteiger partial charge on any atom is -0.354 e. The van der Waals surface area contributed by atoms with Gasteiger partial charge in [0, 0.05) is 30.2 Å². The molecule has 0 bridgehead atoms. The predicted octanol–water partition coefficient (Wildman–Crippen LogP) is 1.68. The number of aryl methyl sites for hydroxylation is 1. The van der Waals surface area contributed by atoms with Gasteiger partial charge in [0.2, 0.25) is 5.91 Å². The number of benzene rings is 1. The molecule has 0 radical (unpaired) electrons. The number of hydrogen-bond acceptors (Lipinski definition) is 4. The van der Waals surface area contributed by atoms with Crippen LogP contribution in [0.4, 0.5) is 0 Å². The Balaban J connectivity index is 1.48. The molecule has 0 fully saturated rings. The van der Waals surface area contributed by atoms with Crippen molar-refractivity contribution in [2.75, 3.05) is 12.3 Å². The van der Waals surface area contributed by atoms with E-state index < -0.39 is 0 Å². The van der Waals surface area contributed by atoms with E-state index in [0.717, 1.165) is 37.3 Å². The summed E-state index contributed by atoms with van der Waals surface area (Å²) in [5.41, 5.74) is -0.166. The number of carbonyl (C=O) groups excluding carboxylic acids is 1. The zero-order valence-corrected chi connectivity index (χ0v) is 14.4. The van der Waals surface area contributed by atoms with Crippen molar-refractivity contribution in [2.45, 2.75) is 43.7 Å². The predicted molar refractivity (Wildman–Crippen MR) is 94.2 cm³/mol. The number of thioether (sulfide) groups is 1. The van der Waals surface area contributed by atoms with Gasteiger partial charge in [0.1, 0.15) is 12.4 Å². The van der Waals surface area contributed by atoms with Gasteiger partial charge in [-0.2, -0.15) is 5.10 Å². The summed E-state index contributed by atoms with van der Waals surface area (Å²) >= 11 is 1.69. The third-order valence-electron chi connectivity index (χ3n) is 4.01. The van der Waals surface area contributed by atoms with Gasteiger partial charge in [-0.15, -0.1) is 11.8 Å². The maximum atomic E-state index is 12.3. The fourth-order valence-electron chi connectivity index (χ4n) is 2.80. The Kier molecular flexibility index (Phi) is 5.74. The maximum Gasteiger partial charge on any atom is 0.346 e. The molecule has 0 saturated heterocycles. The Morgan fingerprint density at radius 3 is 2.88 bits per heavy atom. The monoisotopic (exact) mass is 346 g/mol. The van der Waals surface area contributed by atoms with Crippen molar-refractivity contribution in [3.8, 4) is 0 Å². The lowest BCUT2D eigenvalue weighted by molar-refractivity contribution is -0.121. The van der Waals surface area contributed by atoms with Crippen LogP contribution in [0.3, 0.4) is 0 Å². The highest BCUT2D eigenvalue weighted by atomic mass is 32.2. The molecule has 128 valence electrons. The number of nitrogens with zero attached hydrogens (tertiary/aromatic N) is 3. The Labute approximate surface area is 145 Å². The van der Waals surface area contributed by atoms with Crippen molar-refractivity contribution in [1.29, 1.82) is 0 Å². The smallest absolute Gasteiger partial charge is 0.346 e. The molecule has 3 rings (SSSR count). The van der Waals surface area contributed by atoms with E-state index in [1.54, 1.807) is 16.3 Å². The van der Waals surface area contributed by atoms with Gasteiger partial charge in [-0.25, -0.2) is 9.48 Å². The van der Waals surface area contributed by atoms with Crippen molar-refractivity contribution in [3.63, 3.8) is 0 Å². The first-order chi connectivity index (χ1) is 11.7. The molecule has 0 saturated carbocycles. The second-order valence-electron chi connectivity index (χ2n) is 5.83. The van der Waals surface area contributed by atoms with Gasteiger partial charge in [-0.05, 0) is 25.0 Å². The van der Waals surface area contributed by atoms with Gasteiger partial charge >= 0.3 is 5.69 Å². The highest BCUT2D eigenvalue weighted by Gasteiger charge is 2.16. The number of fused-ring (bicyclic) bond motifs is 1. The lowest BCUT2D eigenvalue weighted by Gasteiger charge is -2.05. The molecule has 24 heavy (non-hydrogen) atoms. The summed E-state index contributed by atoms with van der Waals surface area (Å²) in [7, 11) is 0. The normalized spacial score (nSPS) is 14.0. The van der Waals surface area contributed by atoms with Crippen LogP contribution in [0.1, 0.15) is 25.1 Å². The number of hydrogen-bond donors (Lipinski definition) is 1. The minimum absolute atomic E-state index is 0.00512. The molecule has 2 aromatic rings. The summed E-state index contributed by atoms with van der Waals surface area (Å²) in [6.07, 6.45) is 4.00. The molecule has 6 nitrogen and oxygen atoms in total.